The molecule has 0 saturated heterocycles. The predicted molar refractivity (Wildman–Crippen MR) is 88.9 cm³/mol. The van der Waals surface area contributed by atoms with Crippen LogP contribution in [-0.4, -0.2) is 24.0 Å². The molecular weight excluding hydrogens is 351 g/mol. The summed E-state index contributed by atoms with van der Waals surface area (Å²) in [4.78, 5) is 8.84. The van der Waals surface area contributed by atoms with Gasteiger partial charge in [0.05, 0.1) is 12.2 Å². The second kappa shape index (κ2) is 6.70. The minimum Gasteiger partial charge on any atom is -0.356 e. The highest BCUT2D eigenvalue weighted by molar-refractivity contribution is 14.0. The summed E-state index contributed by atoms with van der Waals surface area (Å²) in [5, 5.41) is 8.98. The summed E-state index contributed by atoms with van der Waals surface area (Å²) in [6, 6.07) is 10.3. The van der Waals surface area contributed by atoms with E-state index in [0.29, 0.717) is 6.54 Å². The van der Waals surface area contributed by atoms with Gasteiger partial charge in [-0.3, -0.25) is 9.98 Å². The third-order valence-electron chi connectivity index (χ3n) is 3.08. The molecule has 2 heterocycles. The Hall–Kier alpha value is -1.37. The average molecular weight is 368 g/mol. The molecule has 0 amide bonds. The highest BCUT2D eigenvalue weighted by Gasteiger charge is 2.05. The second-order valence-electron chi connectivity index (χ2n) is 4.34. The zero-order chi connectivity index (χ0) is 12.2. The van der Waals surface area contributed by atoms with E-state index in [1.807, 2.05) is 24.4 Å². The number of guanidine groups is 1. The lowest BCUT2D eigenvalue weighted by molar-refractivity contribution is 0.699. The lowest BCUT2D eigenvalue weighted by Crippen LogP contribution is -2.40. The molecule has 1 aromatic carbocycles. The van der Waals surface area contributed by atoms with Crippen molar-refractivity contribution >= 4 is 40.7 Å². The molecule has 4 nitrogen and oxygen atoms in total. The number of aliphatic imine (C=N–C) groups is 1. The minimum atomic E-state index is 0. The van der Waals surface area contributed by atoms with Gasteiger partial charge in [-0.15, -0.1) is 24.0 Å². The molecule has 19 heavy (non-hydrogen) atoms. The number of hydrogen-bond donors (Lipinski definition) is 2. The zero-order valence-corrected chi connectivity index (χ0v) is 12.9. The lowest BCUT2D eigenvalue weighted by Gasteiger charge is -2.16. The molecule has 1 aromatic heterocycles. The van der Waals surface area contributed by atoms with Crippen molar-refractivity contribution in [2.45, 2.75) is 13.0 Å². The van der Waals surface area contributed by atoms with E-state index < -0.39 is 0 Å². The molecule has 100 valence electrons. The zero-order valence-electron chi connectivity index (χ0n) is 10.6. The summed E-state index contributed by atoms with van der Waals surface area (Å²) in [6.45, 7) is 2.60. The maximum absolute atomic E-state index is 4.45. The van der Waals surface area contributed by atoms with Crippen LogP contribution >= 0.6 is 24.0 Å². The van der Waals surface area contributed by atoms with Crippen molar-refractivity contribution in [3.8, 4) is 0 Å². The quantitative estimate of drug-likeness (QED) is 0.800. The van der Waals surface area contributed by atoms with Crippen molar-refractivity contribution in [1.29, 1.82) is 0 Å². The van der Waals surface area contributed by atoms with Gasteiger partial charge in [0.2, 0.25) is 0 Å². The fourth-order valence-electron chi connectivity index (χ4n) is 2.14. The Bertz CT molecular complexity index is 577. The van der Waals surface area contributed by atoms with E-state index in [4.69, 9.17) is 0 Å². The normalized spacial score (nSPS) is 14.2. The smallest absolute Gasteiger partial charge is 0.191 e. The molecule has 2 aromatic rings. The largest absolute Gasteiger partial charge is 0.356 e. The molecule has 0 unspecified atom stereocenters. The first kappa shape index (κ1) is 14.0. The number of hydrogen-bond acceptors (Lipinski definition) is 4. The van der Waals surface area contributed by atoms with Crippen LogP contribution in [-0.2, 0) is 6.54 Å². The Morgan fingerprint density at radius 1 is 1.21 bits per heavy atom. The Morgan fingerprint density at radius 2 is 2.11 bits per heavy atom. The van der Waals surface area contributed by atoms with Gasteiger partial charge >= 0.3 is 0 Å². The number of nitrogens with one attached hydrogen (secondary N) is 2. The number of aromatic nitrogens is 1. The molecule has 0 fully saturated rings. The van der Waals surface area contributed by atoms with Crippen LogP contribution in [0.1, 0.15) is 12.1 Å². The Labute approximate surface area is 129 Å². The first-order valence-electron chi connectivity index (χ1n) is 6.28. The predicted octanol–water partition coefficient (Wildman–Crippen LogP) is 2.29. The first-order chi connectivity index (χ1) is 8.93. The maximum atomic E-state index is 4.45. The van der Waals surface area contributed by atoms with Crippen LogP contribution < -0.4 is 10.6 Å². The van der Waals surface area contributed by atoms with Crippen LogP contribution in [0.15, 0.2) is 41.5 Å². The Kier molecular flexibility index (Phi) is 4.95. The molecule has 0 radical (unpaired) electrons. The van der Waals surface area contributed by atoms with E-state index in [0.717, 1.165) is 31.2 Å². The SMILES string of the molecule is I.c1ccc2c(CNC3=NCCCN3)nccc2c1. The summed E-state index contributed by atoms with van der Waals surface area (Å²) < 4.78 is 0. The number of benzene rings is 1. The number of fused-ring (bicyclic) bond motifs is 1. The van der Waals surface area contributed by atoms with E-state index in [-0.39, 0.29) is 24.0 Å². The van der Waals surface area contributed by atoms with Gasteiger partial charge in [0.1, 0.15) is 0 Å². The van der Waals surface area contributed by atoms with Gasteiger partial charge in [-0.1, -0.05) is 24.3 Å². The summed E-state index contributed by atoms with van der Waals surface area (Å²) in [5.41, 5.74) is 1.06. The second-order valence-corrected chi connectivity index (χ2v) is 4.34. The number of pyridine rings is 1. The molecule has 0 spiro atoms. The van der Waals surface area contributed by atoms with Gasteiger partial charge in [-0.25, -0.2) is 0 Å². The molecule has 0 saturated carbocycles. The molecule has 0 bridgehead atoms. The van der Waals surface area contributed by atoms with Gasteiger partial charge < -0.3 is 10.6 Å². The summed E-state index contributed by atoms with van der Waals surface area (Å²) in [5.74, 6) is 0.885. The van der Waals surface area contributed by atoms with Crippen LogP contribution in [0.25, 0.3) is 10.8 Å². The first-order valence-corrected chi connectivity index (χ1v) is 6.28. The minimum absolute atomic E-state index is 0. The summed E-state index contributed by atoms with van der Waals surface area (Å²) >= 11 is 0. The maximum Gasteiger partial charge on any atom is 0.191 e. The average Bonchev–Trinajstić information content (AvgIpc) is 2.46. The van der Waals surface area contributed by atoms with Crippen LogP contribution in [0.2, 0.25) is 0 Å². The van der Waals surface area contributed by atoms with Crippen molar-refractivity contribution in [1.82, 2.24) is 15.6 Å². The molecule has 1 aliphatic heterocycles. The van der Waals surface area contributed by atoms with Crippen molar-refractivity contribution in [2.75, 3.05) is 13.1 Å². The van der Waals surface area contributed by atoms with Crippen molar-refractivity contribution in [3.63, 3.8) is 0 Å². The van der Waals surface area contributed by atoms with Gasteiger partial charge in [-0.2, -0.15) is 0 Å². The third-order valence-corrected chi connectivity index (χ3v) is 3.08. The monoisotopic (exact) mass is 368 g/mol. The van der Waals surface area contributed by atoms with E-state index in [1.165, 1.54) is 10.8 Å². The van der Waals surface area contributed by atoms with E-state index in [1.54, 1.807) is 0 Å². The molecule has 2 N–H and O–H groups in total. The molecule has 5 heteroatoms. The van der Waals surface area contributed by atoms with Crippen LogP contribution in [0.5, 0.6) is 0 Å². The van der Waals surface area contributed by atoms with Crippen LogP contribution in [0.3, 0.4) is 0 Å². The van der Waals surface area contributed by atoms with Gasteiger partial charge in [0, 0.05) is 24.7 Å². The van der Waals surface area contributed by atoms with Gasteiger partial charge in [-0.05, 0) is 17.9 Å². The molecular formula is C14H17IN4. The molecule has 3 rings (SSSR count). The van der Waals surface area contributed by atoms with E-state index in [9.17, 15) is 0 Å². The van der Waals surface area contributed by atoms with E-state index >= 15 is 0 Å². The third kappa shape index (κ3) is 3.34. The standard InChI is InChI=1S/C14H16N4.HI/c1-2-5-12-11(4-1)6-9-15-13(12)10-18-14-16-7-3-8-17-14;/h1-2,4-6,9H,3,7-8,10H2,(H2,16,17,18);1H. The lowest BCUT2D eigenvalue weighted by atomic mass is 10.1. The topological polar surface area (TPSA) is 49.3 Å². The van der Waals surface area contributed by atoms with Crippen molar-refractivity contribution in [2.24, 2.45) is 4.99 Å². The summed E-state index contributed by atoms with van der Waals surface area (Å²) in [7, 11) is 0. The highest BCUT2D eigenvalue weighted by atomic mass is 127. The van der Waals surface area contributed by atoms with Crippen molar-refractivity contribution < 1.29 is 0 Å². The molecule has 0 aliphatic carbocycles. The van der Waals surface area contributed by atoms with Gasteiger partial charge in [0.25, 0.3) is 0 Å². The number of halogens is 1. The van der Waals surface area contributed by atoms with Crippen LogP contribution in [0.4, 0.5) is 0 Å². The fourth-order valence-corrected chi connectivity index (χ4v) is 2.14. The van der Waals surface area contributed by atoms with Crippen LogP contribution in [0, 0.1) is 0 Å². The van der Waals surface area contributed by atoms with Crippen molar-refractivity contribution in [3.05, 3.63) is 42.2 Å². The Morgan fingerprint density at radius 3 is 2.95 bits per heavy atom. The van der Waals surface area contributed by atoms with Gasteiger partial charge in [0.15, 0.2) is 5.96 Å². The number of rotatable bonds is 2. The molecule has 1 aliphatic rings. The summed E-state index contributed by atoms with van der Waals surface area (Å²) in [6.07, 6.45) is 2.97. The highest BCUT2D eigenvalue weighted by Crippen LogP contribution is 2.15. The molecule has 0 atom stereocenters. The van der Waals surface area contributed by atoms with E-state index in [2.05, 4.69) is 32.7 Å². The Balaban J connectivity index is 0.00000133. The fraction of sp³-hybridized carbons (Fsp3) is 0.286. The number of nitrogens with zero attached hydrogens (tertiary/aromatic N) is 2.